The molecule has 0 aliphatic carbocycles. The van der Waals surface area contributed by atoms with Gasteiger partial charge in [-0.05, 0) is 36.6 Å². The van der Waals surface area contributed by atoms with Crippen LogP contribution in [0.25, 0.3) is 0 Å². The van der Waals surface area contributed by atoms with E-state index < -0.39 is 0 Å². The molecule has 0 spiro atoms. The molecule has 0 amide bonds. The maximum atomic E-state index is 3.54. The van der Waals surface area contributed by atoms with Gasteiger partial charge in [-0.2, -0.15) is 0 Å². The van der Waals surface area contributed by atoms with Crippen LogP contribution in [0.1, 0.15) is 12.5 Å². The first-order chi connectivity index (χ1) is 9.15. The van der Waals surface area contributed by atoms with Gasteiger partial charge in [-0.3, -0.25) is 0 Å². The molecule has 2 rings (SSSR count). The number of hydrogen-bond acceptors (Lipinski definition) is 3. The van der Waals surface area contributed by atoms with E-state index in [0.717, 1.165) is 19.6 Å². The fraction of sp³-hybridized carbons (Fsp3) is 0.600. The highest BCUT2D eigenvalue weighted by Crippen LogP contribution is 2.20. The molecule has 1 heterocycles. The Morgan fingerprint density at radius 1 is 1.37 bits per heavy atom. The smallest absolute Gasteiger partial charge is 0.0343 e. The van der Waals surface area contributed by atoms with E-state index in [-0.39, 0.29) is 0 Å². The highest BCUT2D eigenvalue weighted by molar-refractivity contribution is 9.10. The Hall–Kier alpha value is -0.580. The van der Waals surface area contributed by atoms with Crippen molar-refractivity contribution in [1.82, 2.24) is 10.2 Å². The van der Waals surface area contributed by atoms with Crippen molar-refractivity contribution in [1.29, 1.82) is 0 Å². The van der Waals surface area contributed by atoms with Gasteiger partial charge in [0.2, 0.25) is 0 Å². The predicted molar refractivity (Wildman–Crippen MR) is 85.8 cm³/mol. The molecule has 106 valence electrons. The number of nitrogens with zero attached hydrogens (tertiary/aromatic N) is 1. The number of piperazine rings is 1. The number of aryl methyl sites for hydroxylation is 1. The average Bonchev–Trinajstić information content (AvgIpc) is 2.41. The maximum absolute atomic E-state index is 3.54. The van der Waals surface area contributed by atoms with E-state index in [1.54, 1.807) is 0 Å². The topological polar surface area (TPSA) is 27.3 Å². The highest BCUT2D eigenvalue weighted by Gasteiger charge is 2.12. The molecule has 1 aromatic carbocycles. The molecule has 3 nitrogen and oxygen atoms in total. The molecule has 1 aliphatic rings. The Morgan fingerprint density at radius 3 is 2.79 bits per heavy atom. The lowest BCUT2D eigenvalue weighted by molar-refractivity contribution is 0.215. The van der Waals surface area contributed by atoms with Crippen molar-refractivity contribution in [3.63, 3.8) is 0 Å². The van der Waals surface area contributed by atoms with Gasteiger partial charge in [-0.15, -0.1) is 0 Å². The molecule has 1 unspecified atom stereocenters. The monoisotopic (exact) mass is 325 g/mol. The fourth-order valence-corrected chi connectivity index (χ4v) is 2.69. The second kappa shape index (κ2) is 7.27. The molecule has 0 bridgehead atoms. The Kier molecular flexibility index (Phi) is 5.67. The Morgan fingerprint density at radius 2 is 2.11 bits per heavy atom. The zero-order chi connectivity index (χ0) is 13.7. The average molecular weight is 326 g/mol. The third-order valence-electron chi connectivity index (χ3n) is 3.59. The number of rotatable bonds is 5. The summed E-state index contributed by atoms with van der Waals surface area (Å²) in [5, 5.41) is 6.93. The normalized spacial score (nSPS) is 18.3. The summed E-state index contributed by atoms with van der Waals surface area (Å²) < 4.78 is 1.17. The summed E-state index contributed by atoms with van der Waals surface area (Å²) in [4.78, 5) is 2.55. The van der Waals surface area contributed by atoms with Crippen molar-refractivity contribution in [2.24, 2.45) is 5.92 Å². The zero-order valence-electron chi connectivity index (χ0n) is 11.9. The van der Waals surface area contributed by atoms with Crippen LogP contribution in [0.4, 0.5) is 5.69 Å². The summed E-state index contributed by atoms with van der Waals surface area (Å²) in [7, 11) is 0. The molecule has 0 saturated carbocycles. The van der Waals surface area contributed by atoms with E-state index in [9.17, 15) is 0 Å². The van der Waals surface area contributed by atoms with Gasteiger partial charge in [0.05, 0.1) is 0 Å². The van der Waals surface area contributed by atoms with Gasteiger partial charge in [0.15, 0.2) is 0 Å². The second-order valence-electron chi connectivity index (χ2n) is 5.50. The van der Waals surface area contributed by atoms with Crippen molar-refractivity contribution >= 4 is 21.6 Å². The van der Waals surface area contributed by atoms with Gasteiger partial charge in [-0.25, -0.2) is 0 Å². The minimum Gasteiger partial charge on any atom is -0.385 e. The fourth-order valence-electron chi connectivity index (χ4n) is 2.45. The molecule has 0 aromatic heterocycles. The Labute approximate surface area is 124 Å². The first kappa shape index (κ1) is 14.8. The van der Waals surface area contributed by atoms with Gasteiger partial charge < -0.3 is 15.5 Å². The Bertz CT molecular complexity index is 402. The van der Waals surface area contributed by atoms with Gasteiger partial charge >= 0.3 is 0 Å². The molecule has 1 saturated heterocycles. The van der Waals surface area contributed by atoms with Crippen molar-refractivity contribution in [2.75, 3.05) is 44.6 Å². The predicted octanol–water partition coefficient (Wildman–Crippen LogP) is 2.71. The SMILES string of the molecule is Cc1cc(NCC(C)CN2CCNCC2)ccc1Br. The first-order valence-electron chi connectivity index (χ1n) is 7.08. The molecule has 1 fully saturated rings. The van der Waals surface area contributed by atoms with Crippen molar-refractivity contribution in [3.8, 4) is 0 Å². The van der Waals surface area contributed by atoms with E-state index in [4.69, 9.17) is 0 Å². The van der Waals surface area contributed by atoms with Crippen LogP contribution in [0, 0.1) is 12.8 Å². The van der Waals surface area contributed by atoms with Crippen LogP contribution in [0.2, 0.25) is 0 Å². The van der Waals surface area contributed by atoms with Crippen molar-refractivity contribution in [3.05, 3.63) is 28.2 Å². The number of benzene rings is 1. The number of anilines is 1. The molecule has 1 atom stereocenters. The molecule has 1 aliphatic heterocycles. The lowest BCUT2D eigenvalue weighted by Gasteiger charge is -2.29. The van der Waals surface area contributed by atoms with Gasteiger partial charge in [0.25, 0.3) is 0 Å². The summed E-state index contributed by atoms with van der Waals surface area (Å²) >= 11 is 3.53. The van der Waals surface area contributed by atoms with Crippen molar-refractivity contribution in [2.45, 2.75) is 13.8 Å². The Balaban J connectivity index is 1.75. The van der Waals surface area contributed by atoms with E-state index in [0.29, 0.717) is 5.92 Å². The number of nitrogens with one attached hydrogen (secondary N) is 2. The highest BCUT2D eigenvalue weighted by atomic mass is 79.9. The number of halogens is 1. The molecule has 4 heteroatoms. The van der Waals surface area contributed by atoms with E-state index >= 15 is 0 Å². The van der Waals surface area contributed by atoms with Crippen LogP contribution in [-0.2, 0) is 0 Å². The molecule has 2 N–H and O–H groups in total. The van der Waals surface area contributed by atoms with Crippen LogP contribution < -0.4 is 10.6 Å². The lowest BCUT2D eigenvalue weighted by Crippen LogP contribution is -2.45. The third-order valence-corrected chi connectivity index (χ3v) is 4.48. The lowest BCUT2D eigenvalue weighted by atomic mass is 10.1. The first-order valence-corrected chi connectivity index (χ1v) is 7.87. The number of hydrogen-bond donors (Lipinski definition) is 2. The van der Waals surface area contributed by atoms with Gasteiger partial charge in [-0.1, -0.05) is 22.9 Å². The van der Waals surface area contributed by atoms with E-state index in [1.165, 1.54) is 35.4 Å². The van der Waals surface area contributed by atoms with Gasteiger partial charge in [0.1, 0.15) is 0 Å². The van der Waals surface area contributed by atoms with Crippen LogP contribution >= 0.6 is 15.9 Å². The van der Waals surface area contributed by atoms with E-state index in [1.807, 2.05) is 0 Å². The second-order valence-corrected chi connectivity index (χ2v) is 6.35. The standard InChI is InChI=1S/C15H24BrN3/c1-12(11-19-7-5-17-6-8-19)10-18-14-3-4-15(16)13(2)9-14/h3-4,9,12,17-18H,5-8,10-11H2,1-2H3. The van der Waals surface area contributed by atoms with E-state index in [2.05, 4.69) is 63.5 Å². The van der Waals surface area contributed by atoms with Gasteiger partial charge in [0, 0.05) is 49.4 Å². The van der Waals surface area contributed by atoms with Crippen LogP contribution in [-0.4, -0.2) is 44.2 Å². The molecular weight excluding hydrogens is 302 g/mol. The minimum absolute atomic E-state index is 0.669. The maximum Gasteiger partial charge on any atom is 0.0343 e. The summed E-state index contributed by atoms with van der Waals surface area (Å²) in [5.74, 6) is 0.669. The molecular formula is C15H24BrN3. The summed E-state index contributed by atoms with van der Waals surface area (Å²) in [6, 6.07) is 6.44. The largest absolute Gasteiger partial charge is 0.385 e. The minimum atomic E-state index is 0.669. The van der Waals surface area contributed by atoms with Crippen LogP contribution in [0.3, 0.4) is 0 Å². The molecule has 19 heavy (non-hydrogen) atoms. The molecule has 1 aromatic rings. The summed E-state index contributed by atoms with van der Waals surface area (Å²) in [6.07, 6.45) is 0. The summed E-state index contributed by atoms with van der Waals surface area (Å²) in [5.41, 5.74) is 2.49. The van der Waals surface area contributed by atoms with Crippen LogP contribution in [0.5, 0.6) is 0 Å². The quantitative estimate of drug-likeness (QED) is 0.871. The molecule has 0 radical (unpaired) electrons. The van der Waals surface area contributed by atoms with Crippen LogP contribution in [0.15, 0.2) is 22.7 Å². The van der Waals surface area contributed by atoms with Crippen molar-refractivity contribution < 1.29 is 0 Å². The zero-order valence-corrected chi connectivity index (χ0v) is 13.5. The third kappa shape index (κ3) is 4.79. The summed E-state index contributed by atoms with van der Waals surface area (Å²) in [6.45, 7) is 11.3.